The van der Waals surface area contributed by atoms with E-state index in [2.05, 4.69) is 29.5 Å². The summed E-state index contributed by atoms with van der Waals surface area (Å²) in [4.78, 5) is 28.7. The smallest absolute Gasteiger partial charge is 0.265 e. The first-order valence-corrected chi connectivity index (χ1v) is 10.3. The van der Waals surface area contributed by atoms with Crippen molar-refractivity contribution in [3.8, 4) is 5.75 Å². The van der Waals surface area contributed by atoms with Gasteiger partial charge in [0, 0.05) is 24.6 Å². The molecule has 160 valence electrons. The summed E-state index contributed by atoms with van der Waals surface area (Å²) in [6.07, 6.45) is 2.48. The van der Waals surface area contributed by atoms with E-state index in [4.69, 9.17) is 4.74 Å². The first-order valence-electron chi connectivity index (χ1n) is 10.3. The molecule has 0 spiro atoms. The maximum absolute atomic E-state index is 12.5. The van der Waals surface area contributed by atoms with Gasteiger partial charge in [-0.1, -0.05) is 38.1 Å². The molecule has 2 amide bonds. The Balaban J connectivity index is 1.54. The summed E-state index contributed by atoms with van der Waals surface area (Å²) in [5, 5.41) is 5.71. The minimum atomic E-state index is -0.654. The lowest BCUT2D eigenvalue weighted by Gasteiger charge is -2.16. The molecule has 1 unspecified atom stereocenters. The van der Waals surface area contributed by atoms with Gasteiger partial charge in [0.25, 0.3) is 11.8 Å². The Bertz CT molecular complexity index is 1020. The van der Waals surface area contributed by atoms with Crippen molar-refractivity contribution >= 4 is 17.5 Å². The van der Waals surface area contributed by atoms with Crippen molar-refractivity contribution in [3.05, 3.63) is 89.7 Å². The second kappa shape index (κ2) is 10.4. The van der Waals surface area contributed by atoms with Crippen LogP contribution in [0.25, 0.3) is 0 Å². The van der Waals surface area contributed by atoms with Crippen LogP contribution in [-0.4, -0.2) is 22.9 Å². The lowest BCUT2D eigenvalue weighted by atomic mass is 10.0. The Morgan fingerprint density at radius 3 is 2.45 bits per heavy atom. The fourth-order valence-corrected chi connectivity index (χ4v) is 2.97. The number of pyridine rings is 1. The average molecular weight is 418 g/mol. The summed E-state index contributed by atoms with van der Waals surface area (Å²) in [7, 11) is 0. The molecular formula is C25H27N3O3. The van der Waals surface area contributed by atoms with Crippen LogP contribution in [0.2, 0.25) is 0 Å². The molecule has 6 heteroatoms. The third-order valence-electron chi connectivity index (χ3n) is 4.80. The molecule has 0 aliphatic heterocycles. The SMILES string of the molecule is CC(Oc1ccc(C(C)C)cc1)C(=O)Nc1cccc(CNC(=O)c2cccnc2)c1. The van der Waals surface area contributed by atoms with Crippen molar-refractivity contribution in [3.63, 3.8) is 0 Å². The molecular weight excluding hydrogens is 390 g/mol. The highest BCUT2D eigenvalue weighted by atomic mass is 16.5. The number of nitrogens with one attached hydrogen (secondary N) is 2. The monoisotopic (exact) mass is 417 g/mol. The lowest BCUT2D eigenvalue weighted by molar-refractivity contribution is -0.122. The fourth-order valence-electron chi connectivity index (χ4n) is 2.97. The van der Waals surface area contributed by atoms with Crippen LogP contribution in [0.3, 0.4) is 0 Å². The van der Waals surface area contributed by atoms with Gasteiger partial charge in [-0.05, 0) is 60.4 Å². The molecule has 0 aliphatic carbocycles. The summed E-state index contributed by atoms with van der Waals surface area (Å²) in [5.41, 5.74) is 3.23. The molecule has 3 rings (SSSR count). The van der Waals surface area contributed by atoms with E-state index in [1.165, 1.54) is 11.8 Å². The van der Waals surface area contributed by atoms with Crippen LogP contribution < -0.4 is 15.4 Å². The maximum Gasteiger partial charge on any atom is 0.265 e. The topological polar surface area (TPSA) is 80.3 Å². The Morgan fingerprint density at radius 2 is 1.77 bits per heavy atom. The molecule has 6 nitrogen and oxygen atoms in total. The van der Waals surface area contributed by atoms with Crippen molar-refractivity contribution in [2.24, 2.45) is 0 Å². The van der Waals surface area contributed by atoms with Gasteiger partial charge in [0.05, 0.1) is 5.56 Å². The molecule has 0 saturated carbocycles. The Labute approximate surface area is 182 Å². The van der Waals surface area contributed by atoms with Crippen LogP contribution in [0.1, 0.15) is 48.2 Å². The Morgan fingerprint density at radius 1 is 1.00 bits per heavy atom. The molecule has 3 aromatic rings. The number of carbonyl (C=O) groups is 2. The molecule has 0 saturated heterocycles. The summed E-state index contributed by atoms with van der Waals surface area (Å²) < 4.78 is 5.77. The van der Waals surface area contributed by atoms with Crippen molar-refractivity contribution in [2.75, 3.05) is 5.32 Å². The number of benzene rings is 2. The quantitative estimate of drug-likeness (QED) is 0.564. The summed E-state index contributed by atoms with van der Waals surface area (Å²) in [6.45, 7) is 6.31. The summed E-state index contributed by atoms with van der Waals surface area (Å²) >= 11 is 0. The molecule has 31 heavy (non-hydrogen) atoms. The second-order valence-corrected chi connectivity index (χ2v) is 7.60. The number of anilines is 1. The van der Waals surface area contributed by atoms with Gasteiger partial charge in [0.2, 0.25) is 0 Å². The minimum absolute atomic E-state index is 0.201. The molecule has 1 heterocycles. The maximum atomic E-state index is 12.5. The van der Waals surface area contributed by atoms with Crippen LogP contribution in [0.5, 0.6) is 5.75 Å². The van der Waals surface area contributed by atoms with E-state index in [0.29, 0.717) is 29.5 Å². The molecule has 0 bridgehead atoms. The van der Waals surface area contributed by atoms with Gasteiger partial charge in [-0.15, -0.1) is 0 Å². The van der Waals surface area contributed by atoms with Gasteiger partial charge in [-0.3, -0.25) is 14.6 Å². The first kappa shape index (κ1) is 22.0. The number of hydrogen-bond acceptors (Lipinski definition) is 4. The zero-order valence-electron chi connectivity index (χ0n) is 18.0. The number of amides is 2. The molecule has 0 fully saturated rings. The Hall–Kier alpha value is -3.67. The van der Waals surface area contributed by atoms with E-state index in [0.717, 1.165) is 5.56 Å². The molecule has 0 aliphatic rings. The first-order chi connectivity index (χ1) is 14.9. The van der Waals surface area contributed by atoms with Gasteiger partial charge >= 0.3 is 0 Å². The van der Waals surface area contributed by atoms with Gasteiger partial charge in [0.15, 0.2) is 6.10 Å². The van der Waals surface area contributed by atoms with Gasteiger partial charge < -0.3 is 15.4 Å². The number of ether oxygens (including phenoxy) is 1. The number of aromatic nitrogens is 1. The van der Waals surface area contributed by atoms with E-state index < -0.39 is 6.10 Å². The third-order valence-corrected chi connectivity index (χ3v) is 4.80. The molecule has 1 aromatic heterocycles. The fraction of sp³-hybridized carbons (Fsp3) is 0.240. The highest BCUT2D eigenvalue weighted by molar-refractivity contribution is 5.94. The molecule has 2 N–H and O–H groups in total. The van der Waals surface area contributed by atoms with Gasteiger partial charge in [-0.2, -0.15) is 0 Å². The number of nitrogens with zero attached hydrogens (tertiary/aromatic N) is 1. The van der Waals surface area contributed by atoms with Crippen LogP contribution >= 0.6 is 0 Å². The van der Waals surface area contributed by atoms with E-state index in [-0.39, 0.29) is 11.8 Å². The number of hydrogen-bond donors (Lipinski definition) is 2. The van der Waals surface area contributed by atoms with Crippen LogP contribution in [-0.2, 0) is 11.3 Å². The largest absolute Gasteiger partial charge is 0.481 e. The Kier molecular flexibility index (Phi) is 7.38. The van der Waals surface area contributed by atoms with Crippen molar-refractivity contribution in [1.29, 1.82) is 0 Å². The van der Waals surface area contributed by atoms with E-state index in [1.54, 1.807) is 31.3 Å². The predicted octanol–water partition coefficient (Wildman–Crippen LogP) is 4.54. The predicted molar refractivity (Wildman–Crippen MR) is 121 cm³/mol. The van der Waals surface area contributed by atoms with Crippen LogP contribution in [0, 0.1) is 0 Å². The number of carbonyl (C=O) groups excluding carboxylic acids is 2. The van der Waals surface area contributed by atoms with E-state index in [1.807, 2.05) is 42.5 Å². The van der Waals surface area contributed by atoms with Gasteiger partial charge in [-0.25, -0.2) is 0 Å². The highest BCUT2D eigenvalue weighted by Gasteiger charge is 2.15. The van der Waals surface area contributed by atoms with E-state index in [9.17, 15) is 9.59 Å². The molecule has 2 aromatic carbocycles. The highest BCUT2D eigenvalue weighted by Crippen LogP contribution is 2.20. The lowest BCUT2D eigenvalue weighted by Crippen LogP contribution is -2.30. The van der Waals surface area contributed by atoms with Crippen molar-refractivity contribution < 1.29 is 14.3 Å². The minimum Gasteiger partial charge on any atom is -0.481 e. The molecule has 1 atom stereocenters. The van der Waals surface area contributed by atoms with Crippen molar-refractivity contribution in [1.82, 2.24) is 10.3 Å². The van der Waals surface area contributed by atoms with Crippen molar-refractivity contribution in [2.45, 2.75) is 39.3 Å². The van der Waals surface area contributed by atoms with Gasteiger partial charge in [0.1, 0.15) is 5.75 Å². The standard InChI is InChI=1S/C25H27N3O3/c1-17(2)20-9-11-23(12-10-20)31-18(3)24(29)28-22-8-4-6-19(14-22)15-27-25(30)21-7-5-13-26-16-21/h4-14,16-18H,15H2,1-3H3,(H,27,30)(H,28,29). The molecule has 0 radical (unpaired) electrons. The zero-order chi connectivity index (χ0) is 22.2. The van der Waals surface area contributed by atoms with Crippen LogP contribution in [0.4, 0.5) is 5.69 Å². The third kappa shape index (κ3) is 6.40. The summed E-state index contributed by atoms with van der Waals surface area (Å²) in [6, 6.07) is 18.5. The van der Waals surface area contributed by atoms with E-state index >= 15 is 0 Å². The second-order valence-electron chi connectivity index (χ2n) is 7.60. The van der Waals surface area contributed by atoms with Crippen LogP contribution in [0.15, 0.2) is 73.1 Å². The summed E-state index contributed by atoms with van der Waals surface area (Å²) in [5.74, 6) is 0.646. The number of rotatable bonds is 8. The average Bonchev–Trinajstić information content (AvgIpc) is 2.78. The zero-order valence-corrected chi connectivity index (χ0v) is 18.0. The normalized spacial score (nSPS) is 11.6.